The van der Waals surface area contributed by atoms with Crippen molar-refractivity contribution >= 4 is 23.4 Å². The van der Waals surface area contributed by atoms with Gasteiger partial charge in [-0.15, -0.1) is 0 Å². The molecule has 3 heterocycles. The number of benzene rings is 1. The molecule has 28 heavy (non-hydrogen) atoms. The number of hydrogen-bond donors (Lipinski definition) is 0. The van der Waals surface area contributed by atoms with Crippen LogP contribution in [0, 0.1) is 6.92 Å². The van der Waals surface area contributed by atoms with Gasteiger partial charge in [0, 0.05) is 19.3 Å². The number of nitrogens with zero attached hydrogens (tertiary/aromatic N) is 5. The van der Waals surface area contributed by atoms with Crippen molar-refractivity contribution in [3.63, 3.8) is 0 Å². The summed E-state index contributed by atoms with van der Waals surface area (Å²) in [6.07, 6.45) is 3.76. The summed E-state index contributed by atoms with van der Waals surface area (Å²) in [7, 11) is 0. The topological polar surface area (TPSA) is 71.3 Å². The van der Waals surface area contributed by atoms with Crippen molar-refractivity contribution < 1.29 is 9.59 Å². The zero-order valence-electron chi connectivity index (χ0n) is 15.2. The molecule has 0 N–H and O–H groups in total. The van der Waals surface area contributed by atoms with Crippen LogP contribution < -0.4 is 0 Å². The predicted octanol–water partition coefficient (Wildman–Crippen LogP) is 3.13. The molecule has 0 saturated carbocycles. The van der Waals surface area contributed by atoms with E-state index in [1.807, 2.05) is 37.3 Å². The molecule has 4 rings (SSSR count). The highest BCUT2D eigenvalue weighted by Crippen LogP contribution is 2.23. The number of halogens is 1. The summed E-state index contributed by atoms with van der Waals surface area (Å²) in [4.78, 5) is 30.0. The first-order chi connectivity index (χ1) is 13.6. The molecule has 2 amide bonds. The number of para-hydroxylation sites is 1. The van der Waals surface area contributed by atoms with E-state index in [9.17, 15) is 9.59 Å². The maximum atomic E-state index is 13.2. The Hall–Kier alpha value is -3.19. The Morgan fingerprint density at radius 2 is 1.64 bits per heavy atom. The van der Waals surface area contributed by atoms with Crippen LogP contribution in [0.5, 0.6) is 0 Å². The van der Waals surface area contributed by atoms with Gasteiger partial charge in [-0.3, -0.25) is 9.59 Å². The SMILES string of the molecule is Cc1c(C(=O)N2CCCN2C(=O)c2cccnc2Cl)cnn1-c1ccccc1. The molecule has 0 aliphatic carbocycles. The van der Waals surface area contributed by atoms with Crippen LogP contribution >= 0.6 is 11.6 Å². The third-order valence-electron chi connectivity index (χ3n) is 4.73. The fourth-order valence-electron chi connectivity index (χ4n) is 3.31. The van der Waals surface area contributed by atoms with Crippen molar-refractivity contribution in [3.8, 4) is 5.69 Å². The molecule has 0 unspecified atom stereocenters. The Morgan fingerprint density at radius 1 is 0.964 bits per heavy atom. The highest BCUT2D eigenvalue weighted by atomic mass is 35.5. The van der Waals surface area contributed by atoms with Crippen LogP contribution in [0.4, 0.5) is 0 Å². The molecule has 1 saturated heterocycles. The molecule has 2 aromatic heterocycles. The lowest BCUT2D eigenvalue weighted by Gasteiger charge is -2.28. The van der Waals surface area contributed by atoms with E-state index in [1.165, 1.54) is 16.2 Å². The monoisotopic (exact) mass is 395 g/mol. The number of aromatic nitrogens is 3. The Kier molecular flexibility index (Phi) is 4.83. The average Bonchev–Trinajstić information content (AvgIpc) is 3.35. The number of hydrogen-bond acceptors (Lipinski definition) is 4. The van der Waals surface area contributed by atoms with E-state index in [4.69, 9.17) is 11.6 Å². The second kappa shape index (κ2) is 7.44. The lowest BCUT2D eigenvalue weighted by atomic mass is 10.2. The molecule has 1 fully saturated rings. The number of carbonyl (C=O) groups excluding carboxylic acids is 2. The van der Waals surface area contributed by atoms with Crippen LogP contribution in [-0.2, 0) is 0 Å². The largest absolute Gasteiger partial charge is 0.275 e. The highest BCUT2D eigenvalue weighted by Gasteiger charge is 2.34. The molecule has 0 bridgehead atoms. The molecule has 8 heteroatoms. The fourth-order valence-corrected chi connectivity index (χ4v) is 3.51. The van der Waals surface area contributed by atoms with Gasteiger partial charge in [-0.2, -0.15) is 5.10 Å². The summed E-state index contributed by atoms with van der Waals surface area (Å²) in [5, 5.41) is 7.38. The molecule has 142 valence electrons. The molecule has 3 aromatic rings. The fraction of sp³-hybridized carbons (Fsp3) is 0.200. The second-order valence-corrected chi connectivity index (χ2v) is 6.80. The van der Waals surface area contributed by atoms with Crippen LogP contribution in [0.1, 0.15) is 32.8 Å². The summed E-state index contributed by atoms with van der Waals surface area (Å²) in [6, 6.07) is 12.8. The third-order valence-corrected chi connectivity index (χ3v) is 5.03. The average molecular weight is 396 g/mol. The minimum absolute atomic E-state index is 0.125. The van der Waals surface area contributed by atoms with E-state index in [0.29, 0.717) is 25.1 Å². The first kappa shape index (κ1) is 18.2. The molecule has 1 aliphatic rings. The molecule has 1 aromatic carbocycles. The number of pyridine rings is 1. The zero-order chi connectivity index (χ0) is 19.7. The van der Waals surface area contributed by atoms with Gasteiger partial charge in [0.2, 0.25) is 0 Å². The Labute approximate surface area is 167 Å². The number of carbonyl (C=O) groups is 2. The number of hydrazine groups is 1. The molecule has 7 nitrogen and oxygen atoms in total. The van der Waals surface area contributed by atoms with Crippen molar-refractivity contribution in [2.24, 2.45) is 0 Å². The lowest BCUT2D eigenvalue weighted by Crippen LogP contribution is -2.45. The van der Waals surface area contributed by atoms with E-state index in [0.717, 1.165) is 11.4 Å². The minimum Gasteiger partial charge on any atom is -0.267 e. The Morgan fingerprint density at radius 3 is 2.32 bits per heavy atom. The van der Waals surface area contributed by atoms with Gasteiger partial charge in [-0.25, -0.2) is 19.7 Å². The third kappa shape index (κ3) is 3.14. The normalized spacial score (nSPS) is 13.8. The molecular weight excluding hydrogens is 378 g/mol. The van der Waals surface area contributed by atoms with Gasteiger partial charge in [0.05, 0.1) is 28.7 Å². The lowest BCUT2D eigenvalue weighted by molar-refractivity contribution is 0.0185. The standard InChI is InChI=1S/C20H18ClN5O2/c1-14-17(13-23-26(14)15-7-3-2-4-8-15)20(28)25-12-6-11-24(25)19(27)16-9-5-10-22-18(16)21/h2-5,7-10,13H,6,11-12H2,1H3. The van der Waals surface area contributed by atoms with Crippen LogP contribution in [0.2, 0.25) is 5.15 Å². The maximum Gasteiger partial charge on any atom is 0.275 e. The van der Waals surface area contributed by atoms with Crippen LogP contribution in [0.25, 0.3) is 5.69 Å². The molecule has 0 atom stereocenters. The van der Waals surface area contributed by atoms with Gasteiger partial charge in [0.15, 0.2) is 0 Å². The van der Waals surface area contributed by atoms with Gasteiger partial charge in [-0.1, -0.05) is 29.8 Å². The van der Waals surface area contributed by atoms with Crippen LogP contribution in [0.3, 0.4) is 0 Å². The highest BCUT2D eigenvalue weighted by molar-refractivity contribution is 6.32. The quantitative estimate of drug-likeness (QED) is 0.639. The van der Waals surface area contributed by atoms with E-state index in [1.54, 1.807) is 23.0 Å². The Bertz CT molecular complexity index is 1030. The zero-order valence-corrected chi connectivity index (χ0v) is 16.0. The van der Waals surface area contributed by atoms with Gasteiger partial charge < -0.3 is 0 Å². The van der Waals surface area contributed by atoms with E-state index < -0.39 is 0 Å². The first-order valence-electron chi connectivity index (χ1n) is 8.92. The van der Waals surface area contributed by atoms with Gasteiger partial charge >= 0.3 is 0 Å². The van der Waals surface area contributed by atoms with Crippen molar-refractivity contribution in [1.82, 2.24) is 24.8 Å². The van der Waals surface area contributed by atoms with E-state index in [2.05, 4.69) is 10.1 Å². The smallest absolute Gasteiger partial charge is 0.267 e. The number of amides is 2. The maximum absolute atomic E-state index is 13.2. The minimum atomic E-state index is -0.336. The van der Waals surface area contributed by atoms with Gasteiger partial charge in [0.25, 0.3) is 11.8 Å². The first-order valence-corrected chi connectivity index (χ1v) is 9.30. The van der Waals surface area contributed by atoms with Crippen LogP contribution in [0.15, 0.2) is 54.9 Å². The second-order valence-electron chi connectivity index (χ2n) is 6.44. The molecule has 0 radical (unpaired) electrons. The van der Waals surface area contributed by atoms with Gasteiger partial charge in [0.1, 0.15) is 5.15 Å². The predicted molar refractivity (Wildman–Crippen MR) is 104 cm³/mol. The van der Waals surface area contributed by atoms with Crippen molar-refractivity contribution in [2.45, 2.75) is 13.3 Å². The summed E-state index contributed by atoms with van der Waals surface area (Å²) in [5.74, 6) is -0.595. The van der Waals surface area contributed by atoms with Crippen molar-refractivity contribution in [3.05, 3.63) is 76.8 Å². The Balaban J connectivity index is 1.62. The van der Waals surface area contributed by atoms with Crippen molar-refractivity contribution in [1.29, 1.82) is 0 Å². The summed E-state index contributed by atoms with van der Waals surface area (Å²) >= 11 is 6.06. The van der Waals surface area contributed by atoms with E-state index >= 15 is 0 Å². The summed E-state index contributed by atoms with van der Waals surface area (Å²) in [5.41, 5.74) is 2.33. The summed E-state index contributed by atoms with van der Waals surface area (Å²) < 4.78 is 1.72. The molecule has 0 spiro atoms. The van der Waals surface area contributed by atoms with Crippen molar-refractivity contribution in [2.75, 3.05) is 13.1 Å². The molecule has 1 aliphatic heterocycles. The van der Waals surface area contributed by atoms with E-state index in [-0.39, 0.29) is 22.5 Å². The van der Waals surface area contributed by atoms with Crippen LogP contribution in [-0.4, -0.2) is 49.7 Å². The molecular formula is C20H18ClN5O2. The number of rotatable bonds is 3. The van der Waals surface area contributed by atoms with Gasteiger partial charge in [-0.05, 0) is 37.6 Å². The summed E-state index contributed by atoms with van der Waals surface area (Å²) in [6.45, 7) is 2.74.